The van der Waals surface area contributed by atoms with Gasteiger partial charge in [0.2, 0.25) is 0 Å². The molecule has 0 spiro atoms. The van der Waals surface area contributed by atoms with Gasteiger partial charge >= 0.3 is 0 Å². The zero-order chi connectivity index (χ0) is 10.1. The van der Waals surface area contributed by atoms with E-state index in [1.54, 1.807) is 0 Å². The minimum absolute atomic E-state index is 0.494. The first kappa shape index (κ1) is 10.6. The van der Waals surface area contributed by atoms with E-state index in [0.29, 0.717) is 5.92 Å². The summed E-state index contributed by atoms with van der Waals surface area (Å²) in [7, 11) is 0. The van der Waals surface area contributed by atoms with Gasteiger partial charge in [-0.15, -0.1) is 11.8 Å². The molecule has 0 radical (unpaired) electrons. The molecule has 0 aromatic heterocycles. The fraction of sp³-hybridized carbons (Fsp3) is 0.600. The molecule has 0 amide bonds. The Labute approximate surface area is 99.9 Å². The highest BCUT2D eigenvalue weighted by Gasteiger charge is 2.33. The number of fused-ring (bicyclic) bond motifs is 1. The van der Waals surface area contributed by atoms with E-state index in [4.69, 9.17) is 24.4 Å². The van der Waals surface area contributed by atoms with E-state index >= 15 is 0 Å². The van der Waals surface area contributed by atoms with Gasteiger partial charge in [0.15, 0.2) is 0 Å². The van der Waals surface area contributed by atoms with Crippen LogP contribution in [0.5, 0.6) is 0 Å². The Balaban J connectivity index is 2.24. The van der Waals surface area contributed by atoms with Gasteiger partial charge in [0.05, 0.1) is 4.99 Å². The Bertz CT molecular complexity index is 308. The zero-order valence-electron chi connectivity index (χ0n) is 8.16. The number of nitrogens with zero attached hydrogens (tertiary/aromatic N) is 1. The SMILES string of the molecule is CCCN1C(=S)C=C2SCCC2C1=S. The standard InChI is InChI=1S/C10H13NS3/c1-2-4-11-9(12)6-8-7(10(11)13)3-5-14-8/h6-7H,2-5H2,1H3. The van der Waals surface area contributed by atoms with Crippen molar-refractivity contribution in [1.29, 1.82) is 0 Å². The summed E-state index contributed by atoms with van der Waals surface area (Å²) < 4.78 is 0. The number of rotatable bonds is 2. The highest BCUT2D eigenvalue weighted by Crippen LogP contribution is 2.40. The minimum atomic E-state index is 0.494. The quantitative estimate of drug-likeness (QED) is 0.686. The van der Waals surface area contributed by atoms with Crippen LogP contribution in [0.4, 0.5) is 0 Å². The highest BCUT2D eigenvalue weighted by molar-refractivity contribution is 8.03. The van der Waals surface area contributed by atoms with Gasteiger partial charge in [-0.1, -0.05) is 31.4 Å². The normalized spacial score (nSPS) is 26.5. The molecular weight excluding hydrogens is 230 g/mol. The monoisotopic (exact) mass is 243 g/mol. The van der Waals surface area contributed by atoms with Crippen molar-refractivity contribution in [1.82, 2.24) is 4.90 Å². The molecule has 4 heteroatoms. The predicted octanol–water partition coefficient (Wildman–Crippen LogP) is 3.00. The third kappa shape index (κ3) is 1.75. The van der Waals surface area contributed by atoms with Crippen molar-refractivity contribution in [3.63, 3.8) is 0 Å². The smallest absolute Gasteiger partial charge is 0.107 e. The van der Waals surface area contributed by atoms with Crippen LogP contribution in [0.15, 0.2) is 11.0 Å². The van der Waals surface area contributed by atoms with Crippen molar-refractivity contribution >= 4 is 46.2 Å². The molecule has 1 saturated heterocycles. The topological polar surface area (TPSA) is 3.24 Å². The van der Waals surface area contributed by atoms with Crippen molar-refractivity contribution in [2.75, 3.05) is 12.3 Å². The first-order chi connectivity index (χ1) is 6.74. The van der Waals surface area contributed by atoms with E-state index in [0.717, 1.165) is 22.9 Å². The molecule has 0 aliphatic carbocycles. The molecule has 0 saturated carbocycles. The van der Waals surface area contributed by atoms with Crippen LogP contribution >= 0.6 is 36.2 Å². The lowest BCUT2D eigenvalue weighted by Crippen LogP contribution is -2.41. The van der Waals surface area contributed by atoms with Crippen LogP contribution in [-0.4, -0.2) is 27.2 Å². The second kappa shape index (κ2) is 4.29. The molecule has 1 atom stereocenters. The van der Waals surface area contributed by atoms with Crippen LogP contribution in [0.3, 0.4) is 0 Å². The van der Waals surface area contributed by atoms with Crippen LogP contribution in [0.2, 0.25) is 0 Å². The van der Waals surface area contributed by atoms with Gasteiger partial charge in [0.25, 0.3) is 0 Å². The highest BCUT2D eigenvalue weighted by atomic mass is 32.2. The third-order valence-electron chi connectivity index (χ3n) is 2.56. The molecule has 1 unspecified atom stereocenters. The van der Waals surface area contributed by atoms with Crippen molar-refractivity contribution < 1.29 is 0 Å². The first-order valence-electron chi connectivity index (χ1n) is 4.93. The molecule has 14 heavy (non-hydrogen) atoms. The summed E-state index contributed by atoms with van der Waals surface area (Å²) in [6, 6.07) is 0. The Morgan fingerprint density at radius 3 is 3.07 bits per heavy atom. The molecule has 0 aromatic rings. The molecule has 0 aromatic carbocycles. The van der Waals surface area contributed by atoms with E-state index < -0.39 is 0 Å². The number of hydrogen-bond acceptors (Lipinski definition) is 3. The molecule has 2 rings (SSSR count). The molecule has 1 nitrogen and oxygen atoms in total. The lowest BCUT2D eigenvalue weighted by atomic mass is 10.0. The summed E-state index contributed by atoms with van der Waals surface area (Å²) in [6.45, 7) is 3.14. The molecule has 0 N–H and O–H groups in total. The van der Waals surface area contributed by atoms with Crippen LogP contribution < -0.4 is 0 Å². The van der Waals surface area contributed by atoms with Gasteiger partial charge in [0, 0.05) is 12.5 Å². The number of thioether (sulfide) groups is 1. The van der Waals surface area contributed by atoms with Crippen molar-refractivity contribution in [3.05, 3.63) is 11.0 Å². The number of hydrogen-bond donors (Lipinski definition) is 0. The van der Waals surface area contributed by atoms with Crippen LogP contribution in [-0.2, 0) is 0 Å². The maximum Gasteiger partial charge on any atom is 0.107 e. The van der Waals surface area contributed by atoms with E-state index in [2.05, 4.69) is 17.9 Å². The van der Waals surface area contributed by atoms with Crippen LogP contribution in [0.25, 0.3) is 0 Å². The van der Waals surface area contributed by atoms with Crippen LogP contribution in [0, 0.1) is 5.92 Å². The van der Waals surface area contributed by atoms with Gasteiger partial charge in [-0.2, -0.15) is 0 Å². The summed E-state index contributed by atoms with van der Waals surface area (Å²) >= 11 is 12.7. The number of thiocarbonyl (C=S) groups is 2. The second-order valence-corrected chi connectivity index (χ2v) is 5.57. The van der Waals surface area contributed by atoms with Crippen LogP contribution in [0.1, 0.15) is 19.8 Å². The Morgan fingerprint density at radius 1 is 1.57 bits per heavy atom. The average Bonchev–Trinajstić information content (AvgIpc) is 2.60. The largest absolute Gasteiger partial charge is 0.327 e. The van der Waals surface area contributed by atoms with Gasteiger partial charge in [0.1, 0.15) is 4.99 Å². The van der Waals surface area contributed by atoms with E-state index in [1.165, 1.54) is 17.1 Å². The summed E-state index contributed by atoms with van der Waals surface area (Å²) in [5.74, 6) is 1.69. The Kier molecular flexibility index (Phi) is 3.24. The van der Waals surface area contributed by atoms with Gasteiger partial charge in [-0.25, -0.2) is 0 Å². The van der Waals surface area contributed by atoms with E-state index in [-0.39, 0.29) is 0 Å². The maximum absolute atomic E-state index is 5.49. The van der Waals surface area contributed by atoms with Crippen molar-refractivity contribution in [2.45, 2.75) is 19.8 Å². The fourth-order valence-corrected chi connectivity index (χ4v) is 4.04. The molecule has 2 heterocycles. The molecule has 0 bridgehead atoms. The van der Waals surface area contributed by atoms with Gasteiger partial charge < -0.3 is 4.90 Å². The Hall–Kier alpha value is 0.0700. The van der Waals surface area contributed by atoms with E-state index in [9.17, 15) is 0 Å². The molecule has 76 valence electrons. The molecular formula is C10H13NS3. The van der Waals surface area contributed by atoms with Crippen molar-refractivity contribution in [3.8, 4) is 0 Å². The Morgan fingerprint density at radius 2 is 2.36 bits per heavy atom. The zero-order valence-corrected chi connectivity index (χ0v) is 10.6. The molecule has 1 fully saturated rings. The summed E-state index contributed by atoms with van der Waals surface area (Å²) in [4.78, 5) is 5.49. The molecule has 2 aliphatic heterocycles. The third-order valence-corrected chi connectivity index (χ3v) is 4.58. The minimum Gasteiger partial charge on any atom is -0.327 e. The summed E-state index contributed by atoms with van der Waals surface area (Å²) in [6.07, 6.45) is 4.44. The first-order valence-corrected chi connectivity index (χ1v) is 6.74. The second-order valence-electron chi connectivity index (χ2n) is 3.56. The maximum atomic E-state index is 5.49. The average molecular weight is 243 g/mol. The van der Waals surface area contributed by atoms with Crippen molar-refractivity contribution in [2.24, 2.45) is 5.92 Å². The summed E-state index contributed by atoms with van der Waals surface area (Å²) in [5.41, 5.74) is 0. The van der Waals surface area contributed by atoms with Gasteiger partial charge in [-0.3, -0.25) is 0 Å². The summed E-state index contributed by atoms with van der Waals surface area (Å²) in [5, 5.41) is 0. The lowest BCUT2D eigenvalue weighted by molar-refractivity contribution is 0.574. The molecule has 2 aliphatic rings. The fourth-order valence-electron chi connectivity index (χ4n) is 1.87. The predicted molar refractivity (Wildman–Crippen MR) is 70.8 cm³/mol. The van der Waals surface area contributed by atoms with E-state index in [1.807, 2.05) is 11.8 Å². The lowest BCUT2D eigenvalue weighted by Gasteiger charge is -2.31. The van der Waals surface area contributed by atoms with Gasteiger partial charge in [-0.05, 0) is 29.6 Å².